The number of rotatable bonds is 10. The van der Waals surface area contributed by atoms with Gasteiger partial charge in [0.25, 0.3) is 5.91 Å². The lowest BCUT2D eigenvalue weighted by Crippen LogP contribution is -2.21. The summed E-state index contributed by atoms with van der Waals surface area (Å²) >= 11 is 0. The molecule has 0 spiro atoms. The topological polar surface area (TPSA) is 93.7 Å². The van der Waals surface area contributed by atoms with E-state index in [9.17, 15) is 14.4 Å². The highest BCUT2D eigenvalue weighted by molar-refractivity contribution is 5.93. The predicted molar refractivity (Wildman–Crippen MR) is 140 cm³/mol. The van der Waals surface area contributed by atoms with E-state index in [0.29, 0.717) is 23.5 Å². The van der Waals surface area contributed by atoms with E-state index in [-0.39, 0.29) is 25.4 Å². The van der Waals surface area contributed by atoms with Gasteiger partial charge in [-0.1, -0.05) is 12.1 Å². The molecule has 3 aromatic carbocycles. The molecule has 7 nitrogen and oxygen atoms in total. The Hall–Kier alpha value is -4.13. The van der Waals surface area contributed by atoms with Crippen molar-refractivity contribution in [1.82, 2.24) is 0 Å². The lowest BCUT2D eigenvalue weighted by Gasteiger charge is -2.10. The van der Waals surface area contributed by atoms with Crippen LogP contribution in [-0.2, 0) is 19.1 Å². The number of hydrogen-bond acceptors (Lipinski definition) is 5. The minimum atomic E-state index is -0.522. The number of aryl methyl sites for hydroxylation is 4. The van der Waals surface area contributed by atoms with E-state index in [4.69, 9.17) is 9.47 Å². The van der Waals surface area contributed by atoms with Crippen molar-refractivity contribution < 1.29 is 23.9 Å². The molecule has 0 radical (unpaired) electrons. The van der Waals surface area contributed by atoms with Crippen molar-refractivity contribution in [1.29, 1.82) is 0 Å². The number of nitrogens with one attached hydrogen (secondary N) is 2. The van der Waals surface area contributed by atoms with Gasteiger partial charge in [-0.25, -0.2) is 0 Å². The Morgan fingerprint density at radius 1 is 0.667 bits per heavy atom. The molecule has 188 valence electrons. The van der Waals surface area contributed by atoms with Crippen molar-refractivity contribution in [3.8, 4) is 11.5 Å². The van der Waals surface area contributed by atoms with E-state index in [1.165, 1.54) is 0 Å². The Morgan fingerprint density at radius 2 is 1.31 bits per heavy atom. The van der Waals surface area contributed by atoms with Gasteiger partial charge in [-0.3, -0.25) is 14.4 Å². The smallest absolute Gasteiger partial charge is 0.306 e. The molecular weight excluding hydrogens is 456 g/mol. The predicted octanol–water partition coefficient (Wildman–Crippen LogP) is 6.00. The van der Waals surface area contributed by atoms with Gasteiger partial charge in [-0.05, 0) is 105 Å². The third kappa shape index (κ3) is 8.58. The highest BCUT2D eigenvalue weighted by Gasteiger charge is 2.10. The van der Waals surface area contributed by atoms with Crippen LogP contribution < -0.4 is 15.4 Å². The van der Waals surface area contributed by atoms with Crippen LogP contribution in [0, 0.1) is 27.7 Å². The fourth-order valence-electron chi connectivity index (χ4n) is 3.59. The van der Waals surface area contributed by atoms with Crippen LogP contribution >= 0.6 is 0 Å². The van der Waals surface area contributed by atoms with E-state index in [1.807, 2.05) is 52.0 Å². The molecule has 7 heteroatoms. The maximum atomic E-state index is 12.2. The molecule has 0 aliphatic heterocycles. The van der Waals surface area contributed by atoms with Gasteiger partial charge in [-0.15, -0.1) is 0 Å². The third-order valence-corrected chi connectivity index (χ3v) is 5.51. The van der Waals surface area contributed by atoms with Gasteiger partial charge in [0.2, 0.25) is 5.91 Å². The first-order valence-corrected chi connectivity index (χ1v) is 11.9. The van der Waals surface area contributed by atoms with Gasteiger partial charge >= 0.3 is 5.97 Å². The zero-order valence-electron chi connectivity index (χ0n) is 21.1. The quantitative estimate of drug-likeness (QED) is 0.341. The van der Waals surface area contributed by atoms with Crippen molar-refractivity contribution >= 4 is 29.2 Å². The van der Waals surface area contributed by atoms with Gasteiger partial charge in [0.1, 0.15) is 11.5 Å². The molecule has 0 saturated heterocycles. The summed E-state index contributed by atoms with van der Waals surface area (Å²) in [5.74, 6) is 0.291. The highest BCUT2D eigenvalue weighted by atomic mass is 16.5. The summed E-state index contributed by atoms with van der Waals surface area (Å²) in [5, 5.41) is 5.50. The Morgan fingerprint density at radius 3 is 1.97 bits per heavy atom. The van der Waals surface area contributed by atoms with E-state index in [1.54, 1.807) is 30.3 Å². The van der Waals surface area contributed by atoms with Crippen LogP contribution in [0.2, 0.25) is 0 Å². The molecule has 2 amide bonds. The standard InChI is InChI=1S/C29H32N2O5/c1-19-14-20(2)16-26(15-19)36-25-12-10-23(11-13-25)30-27(32)6-5-7-29(34)35-18-28(33)31-24-9-8-21(3)22(4)17-24/h8-17H,5-7,18H2,1-4H3,(H,30,32)(H,31,33). The SMILES string of the molecule is Cc1cc(C)cc(Oc2ccc(NC(=O)CCCC(=O)OCC(=O)Nc3ccc(C)c(C)c3)cc2)c1. The fourth-order valence-corrected chi connectivity index (χ4v) is 3.59. The van der Waals surface area contributed by atoms with Crippen LogP contribution in [0.1, 0.15) is 41.5 Å². The number of amides is 2. The minimum absolute atomic E-state index is 0.0486. The summed E-state index contributed by atoms with van der Waals surface area (Å²) in [7, 11) is 0. The second-order valence-electron chi connectivity index (χ2n) is 8.86. The molecule has 0 aliphatic rings. The highest BCUT2D eigenvalue weighted by Crippen LogP contribution is 2.25. The second kappa shape index (κ2) is 12.5. The monoisotopic (exact) mass is 488 g/mol. The van der Waals surface area contributed by atoms with Gasteiger partial charge in [-0.2, -0.15) is 0 Å². The molecular formula is C29H32N2O5. The van der Waals surface area contributed by atoms with Crippen LogP contribution in [0.25, 0.3) is 0 Å². The summed E-state index contributed by atoms with van der Waals surface area (Å²) in [5.41, 5.74) is 5.73. The summed E-state index contributed by atoms with van der Waals surface area (Å²) in [6, 6.07) is 18.7. The Kier molecular flexibility index (Phi) is 9.22. The summed E-state index contributed by atoms with van der Waals surface area (Å²) < 4.78 is 10.9. The zero-order valence-corrected chi connectivity index (χ0v) is 21.1. The van der Waals surface area contributed by atoms with E-state index < -0.39 is 11.9 Å². The maximum Gasteiger partial charge on any atom is 0.306 e. The Labute approximate surface area is 211 Å². The number of anilines is 2. The first-order valence-electron chi connectivity index (χ1n) is 11.9. The molecule has 36 heavy (non-hydrogen) atoms. The number of esters is 1. The normalized spacial score (nSPS) is 10.4. The van der Waals surface area contributed by atoms with Gasteiger partial charge in [0, 0.05) is 24.2 Å². The summed E-state index contributed by atoms with van der Waals surface area (Å²) in [6.07, 6.45) is 0.523. The average Bonchev–Trinajstić information content (AvgIpc) is 2.81. The lowest BCUT2D eigenvalue weighted by atomic mass is 10.1. The lowest BCUT2D eigenvalue weighted by molar-refractivity contribution is -0.147. The van der Waals surface area contributed by atoms with Gasteiger partial charge in [0.15, 0.2) is 6.61 Å². The molecule has 0 aliphatic carbocycles. The largest absolute Gasteiger partial charge is 0.457 e. The van der Waals surface area contributed by atoms with Crippen LogP contribution in [0.5, 0.6) is 11.5 Å². The zero-order chi connectivity index (χ0) is 26.1. The van der Waals surface area contributed by atoms with E-state index in [2.05, 4.69) is 16.7 Å². The molecule has 2 N–H and O–H groups in total. The molecule has 3 aromatic rings. The molecule has 0 unspecified atom stereocenters. The molecule has 0 bridgehead atoms. The molecule has 0 atom stereocenters. The number of ether oxygens (including phenoxy) is 2. The van der Waals surface area contributed by atoms with Crippen LogP contribution in [0.3, 0.4) is 0 Å². The van der Waals surface area contributed by atoms with Gasteiger partial charge in [0.05, 0.1) is 0 Å². The van der Waals surface area contributed by atoms with Crippen molar-refractivity contribution in [3.05, 3.63) is 82.9 Å². The molecule has 0 heterocycles. The second-order valence-corrected chi connectivity index (χ2v) is 8.86. The van der Waals surface area contributed by atoms with Crippen LogP contribution in [0.15, 0.2) is 60.7 Å². The van der Waals surface area contributed by atoms with Crippen molar-refractivity contribution in [2.45, 2.75) is 47.0 Å². The van der Waals surface area contributed by atoms with E-state index in [0.717, 1.165) is 28.0 Å². The minimum Gasteiger partial charge on any atom is -0.457 e. The number of carbonyl (C=O) groups is 3. The number of carbonyl (C=O) groups excluding carboxylic acids is 3. The summed E-state index contributed by atoms with van der Waals surface area (Å²) in [6.45, 7) is 7.61. The Bertz CT molecular complexity index is 1210. The molecule has 0 fully saturated rings. The third-order valence-electron chi connectivity index (χ3n) is 5.51. The van der Waals surface area contributed by atoms with Crippen molar-refractivity contribution in [2.24, 2.45) is 0 Å². The number of benzene rings is 3. The number of hydrogen-bond donors (Lipinski definition) is 2. The maximum absolute atomic E-state index is 12.2. The molecule has 0 aromatic heterocycles. The Balaban J connectivity index is 1.34. The first-order chi connectivity index (χ1) is 17.2. The van der Waals surface area contributed by atoms with Gasteiger partial charge < -0.3 is 20.1 Å². The first kappa shape index (κ1) is 26.5. The van der Waals surface area contributed by atoms with E-state index >= 15 is 0 Å². The van der Waals surface area contributed by atoms with Crippen molar-refractivity contribution in [3.63, 3.8) is 0 Å². The average molecular weight is 489 g/mol. The van der Waals surface area contributed by atoms with Crippen LogP contribution in [0.4, 0.5) is 11.4 Å². The summed E-state index contributed by atoms with van der Waals surface area (Å²) in [4.78, 5) is 36.1. The molecule has 0 saturated carbocycles. The fraction of sp³-hybridized carbons (Fsp3) is 0.276. The van der Waals surface area contributed by atoms with Crippen molar-refractivity contribution in [2.75, 3.05) is 17.2 Å². The molecule has 3 rings (SSSR count). The van der Waals surface area contributed by atoms with Crippen LogP contribution in [-0.4, -0.2) is 24.4 Å².